The lowest BCUT2D eigenvalue weighted by molar-refractivity contribution is -0.384. The largest absolute Gasteiger partial charge is 0.455 e. The third-order valence-corrected chi connectivity index (χ3v) is 16.7. The SMILES string of the molecule is CC(C)c1ccccc1C1CN(Cc2ccccc2F)CCN1C1CC2(CCN(c3cc(Oc4cnc5[nH]ccc5c4)c(C(=O)NS(=O)(=O)c4ccc(NCC5(F)CCOCC5)c([N+](=O)[O-])c4)cc3F)CC2)C1. The fourth-order valence-electron chi connectivity index (χ4n) is 11.3. The first kappa shape index (κ1) is 50.0. The van der Waals surface area contributed by atoms with Gasteiger partial charge in [0.25, 0.3) is 21.6 Å². The molecular formula is C54H59F3N8O7S. The van der Waals surface area contributed by atoms with Crippen LogP contribution in [-0.2, 0) is 21.3 Å². The van der Waals surface area contributed by atoms with Gasteiger partial charge in [-0.1, -0.05) is 56.3 Å². The fraction of sp³-hybridized carbons (Fsp3) is 0.407. The lowest BCUT2D eigenvalue weighted by Gasteiger charge is -2.58. The van der Waals surface area contributed by atoms with Crippen molar-refractivity contribution in [2.24, 2.45) is 5.41 Å². The molecule has 0 bridgehead atoms. The first-order valence-corrected chi connectivity index (χ1v) is 26.4. The molecule has 384 valence electrons. The molecule has 19 heteroatoms. The standard InChI is InChI=1S/C54H59F3N8O7S/c1-35(2)41-8-4-5-9-42(41)49-33-62(32-37-7-3-6-10-44(37)55)21-22-64(49)38-29-53(30-38)14-19-63(20-15-53)47-28-50(72-39-25-36-13-18-58-51(36)59-31-39)43(27-45(47)56)52(66)61-73(69,70)40-11-12-46(48(26-40)65(67)68)60-34-54(57)16-23-71-24-17-54/h3-13,18,25-28,31,35,38,49,60H,14-17,19-24,29-30,32-34H2,1-2H3,(H,58,59)(H,61,66). The summed E-state index contributed by atoms with van der Waals surface area (Å²) in [5.74, 6) is -1.79. The molecule has 1 spiro atoms. The minimum Gasteiger partial charge on any atom is -0.455 e. The van der Waals surface area contributed by atoms with E-state index < -0.39 is 48.5 Å². The molecule has 1 aliphatic carbocycles. The van der Waals surface area contributed by atoms with E-state index in [4.69, 9.17) is 9.47 Å². The predicted octanol–water partition coefficient (Wildman–Crippen LogP) is 10.0. The van der Waals surface area contributed by atoms with Gasteiger partial charge in [0.1, 0.15) is 40.1 Å². The highest BCUT2D eigenvalue weighted by atomic mass is 32.2. The number of fused-ring (bicyclic) bond motifs is 1. The van der Waals surface area contributed by atoms with Gasteiger partial charge in [-0.2, -0.15) is 0 Å². The van der Waals surface area contributed by atoms with Crippen LogP contribution in [0.15, 0.2) is 108 Å². The molecule has 3 N–H and O–H groups in total. The first-order valence-electron chi connectivity index (χ1n) is 24.9. The fourth-order valence-corrected chi connectivity index (χ4v) is 12.2. The molecule has 73 heavy (non-hydrogen) atoms. The zero-order valence-corrected chi connectivity index (χ0v) is 41.6. The van der Waals surface area contributed by atoms with Gasteiger partial charge < -0.3 is 24.7 Å². The second-order valence-electron chi connectivity index (χ2n) is 20.4. The lowest BCUT2D eigenvalue weighted by Crippen LogP contribution is -2.60. The van der Waals surface area contributed by atoms with E-state index in [9.17, 15) is 27.7 Å². The van der Waals surface area contributed by atoms with E-state index >= 15 is 8.78 Å². The number of ether oxygens (including phenoxy) is 2. The molecule has 6 aromatic rings. The number of halogens is 3. The third kappa shape index (κ3) is 10.6. The van der Waals surface area contributed by atoms with Gasteiger partial charge in [-0.15, -0.1) is 0 Å². The van der Waals surface area contributed by atoms with Gasteiger partial charge in [0.05, 0.1) is 27.3 Å². The predicted molar refractivity (Wildman–Crippen MR) is 271 cm³/mol. The van der Waals surface area contributed by atoms with Gasteiger partial charge in [0.2, 0.25) is 0 Å². The number of amides is 1. The maximum Gasteiger partial charge on any atom is 0.293 e. The molecule has 2 aromatic heterocycles. The number of hydrogen-bond donors (Lipinski definition) is 3. The Balaban J connectivity index is 0.856. The Kier molecular flexibility index (Phi) is 14.0. The normalized spacial score (nSPS) is 19.5. The molecule has 3 saturated heterocycles. The highest BCUT2D eigenvalue weighted by Crippen LogP contribution is 2.54. The molecule has 1 unspecified atom stereocenters. The van der Waals surface area contributed by atoms with Crippen molar-refractivity contribution >= 4 is 44.0 Å². The van der Waals surface area contributed by atoms with Crippen LogP contribution < -0.4 is 19.7 Å². The first-order chi connectivity index (χ1) is 35.1. The molecule has 3 aliphatic heterocycles. The van der Waals surface area contributed by atoms with Crippen molar-refractivity contribution in [2.45, 2.75) is 87.5 Å². The van der Waals surface area contributed by atoms with Crippen LogP contribution in [0.1, 0.15) is 91.4 Å². The summed E-state index contributed by atoms with van der Waals surface area (Å²) in [6.07, 6.45) is 6.89. The number of alkyl halides is 1. The molecule has 1 amide bonds. The van der Waals surface area contributed by atoms with Gasteiger partial charge in [0.15, 0.2) is 0 Å². The topological polar surface area (TPSA) is 175 Å². The summed E-state index contributed by atoms with van der Waals surface area (Å²) >= 11 is 0. The van der Waals surface area contributed by atoms with E-state index in [0.29, 0.717) is 48.2 Å². The average molecular weight is 1020 g/mol. The van der Waals surface area contributed by atoms with Crippen molar-refractivity contribution in [2.75, 3.05) is 62.7 Å². The highest BCUT2D eigenvalue weighted by Gasteiger charge is 2.50. The van der Waals surface area contributed by atoms with Crippen LogP contribution in [-0.4, -0.2) is 103 Å². The number of carbonyl (C=O) groups is 1. The van der Waals surface area contributed by atoms with E-state index in [1.807, 2.05) is 21.8 Å². The number of piperidine rings is 1. The molecule has 10 rings (SSSR count). The second-order valence-corrected chi connectivity index (χ2v) is 22.1. The average Bonchev–Trinajstić information content (AvgIpc) is 3.84. The van der Waals surface area contributed by atoms with Gasteiger partial charge in [-0.3, -0.25) is 24.7 Å². The number of pyridine rings is 1. The zero-order chi connectivity index (χ0) is 51.1. The number of H-pyrrole nitrogens is 1. The van der Waals surface area contributed by atoms with Crippen LogP contribution >= 0.6 is 0 Å². The van der Waals surface area contributed by atoms with Crippen LogP contribution in [0.2, 0.25) is 0 Å². The molecule has 5 heterocycles. The molecular weight excluding hydrogens is 962 g/mol. The molecule has 15 nitrogen and oxygen atoms in total. The number of rotatable bonds is 15. The number of piperazine rings is 1. The van der Waals surface area contributed by atoms with Crippen LogP contribution in [0.3, 0.4) is 0 Å². The van der Waals surface area contributed by atoms with Crippen molar-refractivity contribution in [3.8, 4) is 11.5 Å². The molecule has 4 fully saturated rings. The molecule has 4 aliphatic rings. The smallest absolute Gasteiger partial charge is 0.293 e. The van der Waals surface area contributed by atoms with E-state index in [2.05, 4.69) is 63.2 Å². The summed E-state index contributed by atoms with van der Waals surface area (Å²) in [6, 6.07) is 24.9. The minimum atomic E-state index is -4.79. The van der Waals surface area contributed by atoms with Crippen LogP contribution in [0.4, 0.5) is 30.2 Å². The van der Waals surface area contributed by atoms with Crippen molar-refractivity contribution in [1.29, 1.82) is 0 Å². The molecule has 1 saturated carbocycles. The van der Waals surface area contributed by atoms with Crippen molar-refractivity contribution in [3.63, 3.8) is 0 Å². The van der Waals surface area contributed by atoms with Gasteiger partial charge in [-0.05, 0) is 84.5 Å². The third-order valence-electron chi connectivity index (χ3n) is 15.4. The number of nitrogens with zero attached hydrogens (tertiary/aromatic N) is 5. The van der Waals surface area contributed by atoms with Crippen molar-refractivity contribution in [1.82, 2.24) is 24.5 Å². The summed E-state index contributed by atoms with van der Waals surface area (Å²) in [7, 11) is -4.79. The Morgan fingerprint density at radius 1 is 0.945 bits per heavy atom. The van der Waals surface area contributed by atoms with Crippen LogP contribution in [0.5, 0.6) is 11.5 Å². The number of nitro groups is 1. The Morgan fingerprint density at radius 2 is 1.70 bits per heavy atom. The van der Waals surface area contributed by atoms with E-state index in [-0.39, 0.29) is 72.7 Å². The van der Waals surface area contributed by atoms with Crippen LogP contribution in [0, 0.1) is 27.2 Å². The number of hydrogen-bond acceptors (Lipinski definition) is 12. The van der Waals surface area contributed by atoms with Crippen molar-refractivity contribution in [3.05, 3.63) is 147 Å². The highest BCUT2D eigenvalue weighted by molar-refractivity contribution is 7.90. The number of anilines is 2. The molecule has 4 aromatic carbocycles. The second kappa shape index (κ2) is 20.4. The van der Waals surface area contributed by atoms with E-state index in [1.165, 1.54) is 29.5 Å². The summed E-state index contributed by atoms with van der Waals surface area (Å²) in [6.45, 7) is 8.63. The number of nitrogens with one attached hydrogen (secondary N) is 3. The van der Waals surface area contributed by atoms with Gasteiger partial charge in [-0.25, -0.2) is 31.3 Å². The van der Waals surface area contributed by atoms with Gasteiger partial charge in [0, 0.05) is 113 Å². The van der Waals surface area contributed by atoms with Crippen LogP contribution in [0.25, 0.3) is 11.0 Å². The number of aromatic amines is 1. The number of aromatic nitrogens is 2. The number of sulfonamides is 1. The maximum atomic E-state index is 16.5. The summed E-state index contributed by atoms with van der Waals surface area (Å²) in [5.41, 5.74) is 1.27. The summed E-state index contributed by atoms with van der Waals surface area (Å²) in [5, 5.41) is 15.6. The van der Waals surface area contributed by atoms with Crippen molar-refractivity contribution < 1.29 is 40.8 Å². The maximum absolute atomic E-state index is 16.5. The Bertz CT molecular complexity index is 3130. The number of carbonyl (C=O) groups excluding carboxylic acids is 1. The monoisotopic (exact) mass is 1020 g/mol. The molecule has 1 atom stereocenters. The Hall–Kier alpha value is -6.54. The number of nitro benzene ring substituents is 1. The number of benzene rings is 4. The van der Waals surface area contributed by atoms with E-state index in [1.54, 1.807) is 24.4 Å². The Labute approximate surface area is 422 Å². The minimum absolute atomic E-state index is 0.0543. The summed E-state index contributed by atoms with van der Waals surface area (Å²) in [4.78, 5) is 39.1. The van der Waals surface area contributed by atoms with Gasteiger partial charge >= 0.3 is 0 Å². The zero-order valence-electron chi connectivity index (χ0n) is 40.8. The Morgan fingerprint density at radius 3 is 2.45 bits per heavy atom. The quantitative estimate of drug-likeness (QED) is 0.0657. The molecule has 0 radical (unpaired) electrons. The van der Waals surface area contributed by atoms with E-state index in [0.717, 1.165) is 69.6 Å². The lowest BCUT2D eigenvalue weighted by atomic mass is 9.59. The summed E-state index contributed by atoms with van der Waals surface area (Å²) < 4.78 is 87.6.